The van der Waals surface area contributed by atoms with Crippen LogP contribution in [0.25, 0.3) is 0 Å². The molecule has 2 atom stereocenters. The SMILES string of the molecule is CN1C(=O)[C@H](NC(=O)OCc2ccccc2)CC=C[C@H]1c1ccccc1. The van der Waals surface area contributed by atoms with Crippen molar-refractivity contribution < 1.29 is 14.3 Å². The molecule has 1 aliphatic rings. The molecule has 0 saturated carbocycles. The fraction of sp³-hybridized carbons (Fsp3) is 0.238. The largest absolute Gasteiger partial charge is 0.445 e. The van der Waals surface area contributed by atoms with E-state index in [-0.39, 0.29) is 18.6 Å². The first-order chi connectivity index (χ1) is 12.6. The molecule has 5 heteroatoms. The third-order valence-electron chi connectivity index (χ3n) is 4.40. The molecule has 0 unspecified atom stereocenters. The highest BCUT2D eigenvalue weighted by molar-refractivity contribution is 5.86. The van der Waals surface area contributed by atoms with Gasteiger partial charge in [-0.1, -0.05) is 72.8 Å². The van der Waals surface area contributed by atoms with Gasteiger partial charge in [-0.25, -0.2) is 4.79 Å². The van der Waals surface area contributed by atoms with Crippen LogP contribution in [0.2, 0.25) is 0 Å². The van der Waals surface area contributed by atoms with Crippen LogP contribution in [0.1, 0.15) is 23.6 Å². The van der Waals surface area contributed by atoms with Crippen molar-refractivity contribution in [2.45, 2.75) is 25.1 Å². The highest BCUT2D eigenvalue weighted by Gasteiger charge is 2.30. The van der Waals surface area contributed by atoms with Crippen LogP contribution in [0.4, 0.5) is 4.79 Å². The Labute approximate surface area is 153 Å². The smallest absolute Gasteiger partial charge is 0.408 e. The lowest BCUT2D eigenvalue weighted by atomic mass is 10.1. The number of amides is 2. The topological polar surface area (TPSA) is 58.6 Å². The van der Waals surface area contributed by atoms with Gasteiger partial charge in [-0.2, -0.15) is 0 Å². The number of nitrogens with zero attached hydrogens (tertiary/aromatic N) is 1. The molecule has 0 saturated heterocycles. The van der Waals surface area contributed by atoms with Crippen LogP contribution in [0.3, 0.4) is 0 Å². The van der Waals surface area contributed by atoms with Crippen molar-refractivity contribution in [3.05, 3.63) is 83.9 Å². The highest BCUT2D eigenvalue weighted by atomic mass is 16.5. The van der Waals surface area contributed by atoms with E-state index in [4.69, 9.17) is 4.74 Å². The molecule has 0 radical (unpaired) electrons. The zero-order valence-electron chi connectivity index (χ0n) is 14.7. The van der Waals surface area contributed by atoms with Gasteiger partial charge >= 0.3 is 6.09 Å². The summed E-state index contributed by atoms with van der Waals surface area (Å²) in [4.78, 5) is 26.5. The predicted octanol–water partition coefficient (Wildman–Crippen LogP) is 3.44. The maximum absolute atomic E-state index is 12.8. The van der Waals surface area contributed by atoms with Crippen molar-refractivity contribution >= 4 is 12.0 Å². The Morgan fingerprint density at radius 3 is 2.46 bits per heavy atom. The van der Waals surface area contributed by atoms with Gasteiger partial charge in [0, 0.05) is 7.05 Å². The summed E-state index contributed by atoms with van der Waals surface area (Å²) in [6.45, 7) is 0.173. The summed E-state index contributed by atoms with van der Waals surface area (Å²) in [5, 5.41) is 2.68. The van der Waals surface area contributed by atoms with E-state index in [1.54, 1.807) is 11.9 Å². The first-order valence-corrected chi connectivity index (χ1v) is 8.60. The predicted molar refractivity (Wildman–Crippen MR) is 99.3 cm³/mol. The second kappa shape index (κ2) is 8.34. The summed E-state index contributed by atoms with van der Waals surface area (Å²) in [6, 6.07) is 18.5. The molecule has 2 amide bonds. The fourth-order valence-electron chi connectivity index (χ4n) is 2.97. The van der Waals surface area contributed by atoms with Gasteiger partial charge in [0.15, 0.2) is 0 Å². The van der Waals surface area contributed by atoms with E-state index in [9.17, 15) is 9.59 Å². The normalized spacial score (nSPS) is 19.7. The van der Waals surface area contributed by atoms with Crippen molar-refractivity contribution in [2.24, 2.45) is 0 Å². The lowest BCUT2D eigenvalue weighted by Crippen LogP contribution is -2.47. The average molecular weight is 350 g/mol. The summed E-state index contributed by atoms with van der Waals surface area (Å²) in [5.74, 6) is -0.138. The number of hydrogen-bond donors (Lipinski definition) is 1. The van der Waals surface area contributed by atoms with Crippen molar-refractivity contribution in [2.75, 3.05) is 7.05 Å². The van der Waals surface area contributed by atoms with Crippen molar-refractivity contribution in [1.29, 1.82) is 0 Å². The molecule has 5 nitrogen and oxygen atoms in total. The Bertz CT molecular complexity index is 774. The van der Waals surface area contributed by atoms with Crippen LogP contribution < -0.4 is 5.32 Å². The summed E-state index contributed by atoms with van der Waals surface area (Å²) in [5.41, 5.74) is 1.93. The van der Waals surface area contributed by atoms with E-state index in [1.165, 1.54) is 0 Å². The second-order valence-electron chi connectivity index (χ2n) is 6.23. The minimum absolute atomic E-state index is 0.138. The van der Waals surface area contributed by atoms with E-state index in [0.717, 1.165) is 11.1 Å². The van der Waals surface area contributed by atoms with Gasteiger partial charge in [-0.15, -0.1) is 0 Å². The number of likely N-dealkylation sites (N-methyl/N-ethyl adjacent to an activating group) is 1. The number of hydrogen-bond acceptors (Lipinski definition) is 3. The van der Waals surface area contributed by atoms with Gasteiger partial charge in [-0.3, -0.25) is 4.79 Å². The van der Waals surface area contributed by atoms with E-state index >= 15 is 0 Å². The number of rotatable bonds is 4. The summed E-state index contributed by atoms with van der Waals surface area (Å²) >= 11 is 0. The molecule has 3 rings (SSSR count). The highest BCUT2D eigenvalue weighted by Crippen LogP contribution is 2.24. The monoisotopic (exact) mass is 350 g/mol. The Kier molecular flexibility index (Phi) is 5.69. The van der Waals surface area contributed by atoms with Crippen LogP contribution in [-0.2, 0) is 16.1 Å². The summed E-state index contributed by atoms with van der Waals surface area (Å²) in [7, 11) is 1.75. The molecule has 1 heterocycles. The molecule has 0 aromatic heterocycles. The van der Waals surface area contributed by atoms with Gasteiger partial charge in [0.2, 0.25) is 5.91 Å². The van der Waals surface area contributed by atoms with E-state index in [0.29, 0.717) is 6.42 Å². The zero-order chi connectivity index (χ0) is 18.4. The van der Waals surface area contributed by atoms with E-state index in [2.05, 4.69) is 5.32 Å². The molecule has 134 valence electrons. The Morgan fingerprint density at radius 1 is 1.12 bits per heavy atom. The Morgan fingerprint density at radius 2 is 1.77 bits per heavy atom. The minimum atomic E-state index is -0.631. The molecule has 1 N–H and O–H groups in total. The number of alkyl carbamates (subject to hydrolysis) is 1. The van der Waals surface area contributed by atoms with E-state index < -0.39 is 12.1 Å². The van der Waals surface area contributed by atoms with Crippen molar-refractivity contribution in [3.8, 4) is 0 Å². The zero-order valence-corrected chi connectivity index (χ0v) is 14.7. The number of carbonyl (C=O) groups excluding carboxylic acids is 2. The maximum atomic E-state index is 12.8. The van der Waals surface area contributed by atoms with Gasteiger partial charge in [0.25, 0.3) is 0 Å². The first-order valence-electron chi connectivity index (χ1n) is 8.60. The quantitative estimate of drug-likeness (QED) is 0.860. The maximum Gasteiger partial charge on any atom is 0.408 e. The molecule has 1 aliphatic heterocycles. The van der Waals surface area contributed by atoms with Gasteiger partial charge in [-0.05, 0) is 17.5 Å². The molecular formula is C21H22N2O3. The molecule has 26 heavy (non-hydrogen) atoms. The van der Waals surface area contributed by atoms with Crippen LogP contribution >= 0.6 is 0 Å². The molecule has 2 aromatic carbocycles. The first kappa shape index (κ1) is 17.7. The number of benzene rings is 2. The lowest BCUT2D eigenvalue weighted by molar-refractivity contribution is -0.133. The van der Waals surface area contributed by atoms with Crippen LogP contribution in [0, 0.1) is 0 Å². The molecule has 0 fully saturated rings. The molecule has 2 aromatic rings. The van der Waals surface area contributed by atoms with E-state index in [1.807, 2.05) is 72.8 Å². The third kappa shape index (κ3) is 4.30. The molecule has 0 spiro atoms. The number of carbonyl (C=O) groups is 2. The molecule has 0 aliphatic carbocycles. The lowest BCUT2D eigenvalue weighted by Gasteiger charge is -2.27. The Balaban J connectivity index is 1.60. The summed E-state index contributed by atoms with van der Waals surface area (Å²) < 4.78 is 5.22. The molecule has 0 bridgehead atoms. The van der Waals surface area contributed by atoms with Crippen molar-refractivity contribution in [3.63, 3.8) is 0 Å². The van der Waals surface area contributed by atoms with Crippen molar-refractivity contribution in [1.82, 2.24) is 10.2 Å². The standard InChI is InChI=1S/C21H22N2O3/c1-23-19(17-11-6-3-7-12-17)14-8-13-18(20(23)24)22-21(25)26-15-16-9-4-2-5-10-16/h2-12,14,18-19H,13,15H2,1H3,(H,22,25)/t18-,19+/m1/s1. The number of ether oxygens (including phenoxy) is 1. The number of nitrogens with one attached hydrogen (secondary N) is 1. The van der Waals surface area contributed by atoms with Crippen LogP contribution in [0.5, 0.6) is 0 Å². The van der Waals surface area contributed by atoms with Crippen LogP contribution in [0.15, 0.2) is 72.8 Å². The fourth-order valence-corrected chi connectivity index (χ4v) is 2.97. The summed E-state index contributed by atoms with van der Waals surface area (Å²) in [6.07, 6.45) is 3.77. The van der Waals surface area contributed by atoms with Gasteiger partial charge < -0.3 is 15.0 Å². The third-order valence-corrected chi connectivity index (χ3v) is 4.40. The average Bonchev–Trinajstić information content (AvgIpc) is 2.81. The molecular weight excluding hydrogens is 328 g/mol. The van der Waals surface area contributed by atoms with Crippen LogP contribution in [-0.4, -0.2) is 30.0 Å². The van der Waals surface area contributed by atoms with Gasteiger partial charge in [0.1, 0.15) is 12.6 Å². The van der Waals surface area contributed by atoms with Gasteiger partial charge in [0.05, 0.1) is 6.04 Å². The second-order valence-corrected chi connectivity index (χ2v) is 6.23. The minimum Gasteiger partial charge on any atom is -0.445 e. The Hall–Kier alpha value is -3.08.